The van der Waals surface area contributed by atoms with Crippen LogP contribution in [0.1, 0.15) is 4.88 Å². The van der Waals surface area contributed by atoms with Crippen molar-refractivity contribution in [2.45, 2.75) is 0 Å². The summed E-state index contributed by atoms with van der Waals surface area (Å²) >= 11 is 4.79. The summed E-state index contributed by atoms with van der Waals surface area (Å²) in [6, 6.07) is 1.90. The minimum absolute atomic E-state index is 0.928. The van der Waals surface area contributed by atoms with Gasteiger partial charge in [-0.25, -0.2) is 0 Å². The zero-order valence-electron chi connectivity index (χ0n) is 4.41. The Hall–Kier alpha value is -0.350. The first kappa shape index (κ1) is 6.77. The molecule has 1 rings (SSSR count). The highest BCUT2D eigenvalue weighted by molar-refractivity contribution is 9.10. The third-order valence-corrected chi connectivity index (χ3v) is 2.63. The van der Waals surface area contributed by atoms with Crippen molar-refractivity contribution in [2.24, 2.45) is 5.16 Å². The van der Waals surface area contributed by atoms with Crippen LogP contribution < -0.4 is 0 Å². The molecule has 0 aliphatic heterocycles. The largest absolute Gasteiger partial charge is 0.411 e. The summed E-state index contributed by atoms with van der Waals surface area (Å²) in [5.41, 5.74) is 0. The molecule has 0 spiro atoms. The lowest BCUT2D eigenvalue weighted by Gasteiger charge is -1.80. The average Bonchev–Trinajstić information content (AvgIpc) is 2.18. The monoisotopic (exact) mass is 205 g/mol. The van der Waals surface area contributed by atoms with Crippen molar-refractivity contribution in [3.8, 4) is 0 Å². The van der Waals surface area contributed by atoms with Crippen molar-refractivity contribution >= 4 is 33.5 Å². The number of hydrogen-bond donors (Lipinski definition) is 1. The summed E-state index contributed by atoms with van der Waals surface area (Å²) in [6.07, 6.45) is 1.40. The SMILES string of the molecule is O/N=C\c1sccc1Br. The topological polar surface area (TPSA) is 32.6 Å². The highest BCUT2D eigenvalue weighted by Gasteiger charge is 1.94. The molecule has 0 radical (unpaired) electrons. The molecule has 0 aromatic carbocycles. The minimum Gasteiger partial charge on any atom is -0.411 e. The highest BCUT2D eigenvalue weighted by Crippen LogP contribution is 2.19. The lowest BCUT2D eigenvalue weighted by atomic mass is 10.5. The van der Waals surface area contributed by atoms with Crippen LogP contribution in [-0.4, -0.2) is 11.4 Å². The lowest BCUT2D eigenvalue weighted by Crippen LogP contribution is -1.71. The molecular weight excluding hydrogens is 202 g/mol. The molecule has 0 fully saturated rings. The molecule has 0 atom stereocenters. The highest BCUT2D eigenvalue weighted by atomic mass is 79.9. The second-order valence-electron chi connectivity index (χ2n) is 1.38. The van der Waals surface area contributed by atoms with Crippen LogP contribution in [0.4, 0.5) is 0 Å². The molecule has 1 heterocycles. The molecule has 1 N–H and O–H groups in total. The molecule has 1 aromatic heterocycles. The number of oxime groups is 1. The van der Waals surface area contributed by atoms with Gasteiger partial charge in [0.05, 0.1) is 11.1 Å². The molecule has 9 heavy (non-hydrogen) atoms. The first-order valence-corrected chi connectivity index (χ1v) is 3.92. The van der Waals surface area contributed by atoms with E-state index in [1.54, 1.807) is 0 Å². The standard InChI is InChI=1S/C5H4BrNOS/c6-4-1-2-9-5(4)3-7-8/h1-3,8H/b7-3-. The zero-order chi connectivity index (χ0) is 6.69. The summed E-state index contributed by atoms with van der Waals surface area (Å²) in [5, 5.41) is 12.9. The van der Waals surface area contributed by atoms with Crippen LogP contribution in [0.25, 0.3) is 0 Å². The molecule has 0 saturated heterocycles. The Balaban J connectivity index is 2.94. The van der Waals surface area contributed by atoms with Crippen molar-refractivity contribution in [3.63, 3.8) is 0 Å². The van der Waals surface area contributed by atoms with E-state index in [-0.39, 0.29) is 0 Å². The Kier molecular flexibility index (Phi) is 2.24. The lowest BCUT2D eigenvalue weighted by molar-refractivity contribution is 0.322. The van der Waals surface area contributed by atoms with E-state index >= 15 is 0 Å². The second-order valence-corrected chi connectivity index (χ2v) is 3.18. The van der Waals surface area contributed by atoms with Crippen LogP contribution in [0.15, 0.2) is 21.1 Å². The molecule has 1 aromatic rings. The first-order chi connectivity index (χ1) is 4.34. The second kappa shape index (κ2) is 2.98. The third-order valence-electron chi connectivity index (χ3n) is 0.820. The predicted molar refractivity (Wildman–Crippen MR) is 41.4 cm³/mol. The van der Waals surface area contributed by atoms with Gasteiger partial charge in [0, 0.05) is 4.47 Å². The molecule has 2 nitrogen and oxygen atoms in total. The van der Waals surface area contributed by atoms with Crippen LogP contribution >= 0.6 is 27.3 Å². The van der Waals surface area contributed by atoms with Crippen molar-refractivity contribution in [1.82, 2.24) is 0 Å². The smallest absolute Gasteiger partial charge is 0.0845 e. The van der Waals surface area contributed by atoms with Gasteiger partial charge in [-0.1, -0.05) is 5.16 Å². The van der Waals surface area contributed by atoms with Gasteiger partial charge in [-0.15, -0.1) is 11.3 Å². The van der Waals surface area contributed by atoms with Gasteiger partial charge in [0.25, 0.3) is 0 Å². The maximum Gasteiger partial charge on any atom is 0.0845 e. The van der Waals surface area contributed by atoms with Gasteiger partial charge in [0.1, 0.15) is 0 Å². The van der Waals surface area contributed by atoms with Gasteiger partial charge in [-0.2, -0.15) is 0 Å². The van der Waals surface area contributed by atoms with E-state index in [1.165, 1.54) is 17.6 Å². The van der Waals surface area contributed by atoms with Crippen molar-refractivity contribution < 1.29 is 5.21 Å². The van der Waals surface area contributed by atoms with E-state index in [4.69, 9.17) is 5.21 Å². The number of nitrogens with zero attached hydrogens (tertiary/aromatic N) is 1. The van der Waals surface area contributed by atoms with Crippen LogP contribution in [0.5, 0.6) is 0 Å². The summed E-state index contributed by atoms with van der Waals surface area (Å²) in [5.74, 6) is 0. The number of thiophene rings is 1. The van der Waals surface area contributed by atoms with Gasteiger partial charge < -0.3 is 5.21 Å². The fourth-order valence-corrected chi connectivity index (χ4v) is 1.78. The average molecular weight is 206 g/mol. The summed E-state index contributed by atoms with van der Waals surface area (Å²) in [7, 11) is 0. The number of hydrogen-bond acceptors (Lipinski definition) is 3. The third kappa shape index (κ3) is 1.53. The first-order valence-electron chi connectivity index (χ1n) is 2.25. The zero-order valence-corrected chi connectivity index (χ0v) is 6.82. The van der Waals surface area contributed by atoms with Crippen LogP contribution in [0.3, 0.4) is 0 Å². The Morgan fingerprint density at radius 3 is 3.00 bits per heavy atom. The molecule has 0 unspecified atom stereocenters. The van der Waals surface area contributed by atoms with E-state index in [9.17, 15) is 0 Å². The molecular formula is C5H4BrNOS. The Morgan fingerprint density at radius 1 is 1.78 bits per heavy atom. The summed E-state index contributed by atoms with van der Waals surface area (Å²) < 4.78 is 0.963. The van der Waals surface area contributed by atoms with Crippen molar-refractivity contribution in [1.29, 1.82) is 0 Å². The van der Waals surface area contributed by atoms with Crippen LogP contribution in [0.2, 0.25) is 0 Å². The maximum atomic E-state index is 8.12. The molecule has 0 amide bonds. The minimum atomic E-state index is 0.928. The van der Waals surface area contributed by atoms with Gasteiger partial charge in [0.2, 0.25) is 0 Å². The van der Waals surface area contributed by atoms with Gasteiger partial charge in [-0.05, 0) is 27.4 Å². The molecule has 4 heteroatoms. The van der Waals surface area contributed by atoms with E-state index in [0.29, 0.717) is 0 Å². The Morgan fingerprint density at radius 2 is 2.56 bits per heavy atom. The molecule has 0 aliphatic carbocycles. The van der Waals surface area contributed by atoms with Gasteiger partial charge in [0.15, 0.2) is 0 Å². The summed E-state index contributed by atoms with van der Waals surface area (Å²) in [4.78, 5) is 0.928. The Bertz CT molecular complexity index is 220. The summed E-state index contributed by atoms with van der Waals surface area (Å²) in [6.45, 7) is 0. The number of rotatable bonds is 1. The van der Waals surface area contributed by atoms with Crippen LogP contribution in [0, 0.1) is 0 Å². The van der Waals surface area contributed by atoms with E-state index < -0.39 is 0 Å². The quantitative estimate of drug-likeness (QED) is 0.426. The van der Waals surface area contributed by atoms with Gasteiger partial charge in [-0.3, -0.25) is 0 Å². The van der Waals surface area contributed by atoms with E-state index in [0.717, 1.165) is 9.35 Å². The fraction of sp³-hybridized carbons (Fsp3) is 0. The number of halogens is 1. The van der Waals surface area contributed by atoms with Crippen LogP contribution in [-0.2, 0) is 0 Å². The molecule has 0 aliphatic rings. The maximum absolute atomic E-state index is 8.12. The normalized spacial score (nSPS) is 10.8. The predicted octanol–water partition coefficient (Wildman–Crippen LogP) is 2.32. The van der Waals surface area contributed by atoms with Crippen molar-refractivity contribution in [2.75, 3.05) is 0 Å². The van der Waals surface area contributed by atoms with Gasteiger partial charge >= 0.3 is 0 Å². The van der Waals surface area contributed by atoms with E-state index in [2.05, 4.69) is 21.1 Å². The Labute approximate surface area is 64.9 Å². The molecule has 0 saturated carbocycles. The fourth-order valence-electron chi connectivity index (χ4n) is 0.450. The molecule has 0 bridgehead atoms. The van der Waals surface area contributed by atoms with E-state index in [1.807, 2.05) is 11.4 Å². The molecule has 48 valence electrons. The van der Waals surface area contributed by atoms with Crippen molar-refractivity contribution in [3.05, 3.63) is 20.8 Å².